The van der Waals surface area contributed by atoms with Crippen molar-refractivity contribution >= 4 is 0 Å². The molecule has 1 aromatic rings. The van der Waals surface area contributed by atoms with Crippen molar-refractivity contribution in [3.05, 3.63) is 35.9 Å². The maximum Gasteiger partial charge on any atom is 0.0101 e. The topological polar surface area (TPSA) is 12.0 Å². The van der Waals surface area contributed by atoms with Crippen LogP contribution >= 0.6 is 0 Å². The van der Waals surface area contributed by atoms with E-state index in [4.69, 9.17) is 0 Å². The van der Waals surface area contributed by atoms with Crippen molar-refractivity contribution in [1.82, 2.24) is 5.32 Å². The third kappa shape index (κ3) is 2.77. The minimum Gasteiger partial charge on any atom is -0.314 e. The first kappa shape index (κ1) is 12.2. The van der Waals surface area contributed by atoms with Gasteiger partial charge >= 0.3 is 0 Å². The van der Waals surface area contributed by atoms with Gasteiger partial charge in [-0.05, 0) is 49.6 Å². The van der Waals surface area contributed by atoms with E-state index in [-0.39, 0.29) is 0 Å². The average Bonchev–Trinajstić information content (AvgIpc) is 2.49. The summed E-state index contributed by atoms with van der Waals surface area (Å²) in [4.78, 5) is 0. The second-order valence-corrected chi connectivity index (χ2v) is 6.09. The zero-order valence-electron chi connectivity index (χ0n) is 11.3. The largest absolute Gasteiger partial charge is 0.314 e. The molecule has 2 fully saturated rings. The van der Waals surface area contributed by atoms with Crippen LogP contribution in [-0.4, -0.2) is 12.6 Å². The van der Waals surface area contributed by atoms with E-state index in [9.17, 15) is 0 Å². The van der Waals surface area contributed by atoms with E-state index in [0.29, 0.717) is 0 Å². The normalized spacial score (nSPS) is 30.2. The summed E-state index contributed by atoms with van der Waals surface area (Å²) >= 11 is 0. The van der Waals surface area contributed by atoms with Gasteiger partial charge in [-0.15, -0.1) is 0 Å². The molecule has 1 heteroatoms. The van der Waals surface area contributed by atoms with Crippen LogP contribution in [0.15, 0.2) is 30.3 Å². The van der Waals surface area contributed by atoms with Crippen LogP contribution in [0.25, 0.3) is 0 Å². The van der Waals surface area contributed by atoms with Crippen LogP contribution < -0.4 is 5.32 Å². The van der Waals surface area contributed by atoms with Gasteiger partial charge in [0.15, 0.2) is 0 Å². The fourth-order valence-electron chi connectivity index (χ4n) is 3.87. The van der Waals surface area contributed by atoms with Crippen molar-refractivity contribution in [1.29, 1.82) is 0 Å². The van der Waals surface area contributed by atoms with Gasteiger partial charge in [0.2, 0.25) is 0 Å². The fourth-order valence-corrected chi connectivity index (χ4v) is 3.87. The van der Waals surface area contributed by atoms with Gasteiger partial charge in [-0.2, -0.15) is 0 Å². The molecule has 2 atom stereocenters. The molecule has 0 amide bonds. The molecule has 0 aromatic heterocycles. The first-order valence-corrected chi connectivity index (χ1v) is 7.72. The number of benzene rings is 1. The quantitative estimate of drug-likeness (QED) is 0.824. The highest BCUT2D eigenvalue weighted by atomic mass is 14.9. The predicted molar refractivity (Wildman–Crippen MR) is 76.8 cm³/mol. The van der Waals surface area contributed by atoms with Gasteiger partial charge in [-0.25, -0.2) is 0 Å². The van der Waals surface area contributed by atoms with Crippen molar-refractivity contribution in [3.63, 3.8) is 0 Å². The Labute approximate surface area is 111 Å². The number of nitrogens with one attached hydrogen (secondary N) is 1. The zero-order chi connectivity index (χ0) is 12.2. The molecule has 1 aliphatic carbocycles. The molecule has 1 saturated carbocycles. The van der Waals surface area contributed by atoms with Gasteiger partial charge in [0.05, 0.1) is 0 Å². The Hall–Kier alpha value is -0.820. The molecule has 1 N–H and O–H groups in total. The molecule has 98 valence electrons. The lowest BCUT2D eigenvalue weighted by atomic mass is 9.76. The van der Waals surface area contributed by atoms with Crippen LogP contribution in [0.4, 0.5) is 0 Å². The Morgan fingerprint density at radius 3 is 2.44 bits per heavy atom. The van der Waals surface area contributed by atoms with Gasteiger partial charge in [0.25, 0.3) is 0 Å². The van der Waals surface area contributed by atoms with Crippen LogP contribution in [-0.2, 0) is 0 Å². The highest BCUT2D eigenvalue weighted by molar-refractivity contribution is 5.20. The van der Waals surface area contributed by atoms with Crippen LogP contribution in [0.3, 0.4) is 0 Å². The van der Waals surface area contributed by atoms with E-state index in [1.54, 1.807) is 5.56 Å². The summed E-state index contributed by atoms with van der Waals surface area (Å²) in [6, 6.07) is 11.9. The maximum atomic E-state index is 3.79. The standard InChI is InChI=1S/C17H25N/c1-3-7-14(8-4-1)16-11-12-18-17(13-16)15-9-5-2-6-10-15/h1,3-4,7-8,15-18H,2,5-6,9-13H2/t16-,17+/m1/s1. The first-order chi connectivity index (χ1) is 8.93. The second-order valence-electron chi connectivity index (χ2n) is 6.09. The maximum absolute atomic E-state index is 3.79. The van der Waals surface area contributed by atoms with E-state index in [0.717, 1.165) is 17.9 Å². The summed E-state index contributed by atoms with van der Waals surface area (Å²) in [7, 11) is 0. The summed E-state index contributed by atoms with van der Waals surface area (Å²) in [5.74, 6) is 1.74. The van der Waals surface area contributed by atoms with Gasteiger partial charge in [-0.3, -0.25) is 0 Å². The summed E-state index contributed by atoms with van der Waals surface area (Å²) in [5, 5.41) is 3.79. The zero-order valence-corrected chi connectivity index (χ0v) is 11.3. The van der Waals surface area contributed by atoms with E-state index >= 15 is 0 Å². The Kier molecular flexibility index (Phi) is 3.99. The smallest absolute Gasteiger partial charge is 0.0101 e. The Morgan fingerprint density at radius 1 is 0.889 bits per heavy atom. The average molecular weight is 243 g/mol. The Morgan fingerprint density at radius 2 is 1.67 bits per heavy atom. The van der Waals surface area contributed by atoms with Gasteiger partial charge in [0, 0.05) is 6.04 Å². The Bertz CT molecular complexity index is 353. The van der Waals surface area contributed by atoms with E-state index in [2.05, 4.69) is 35.6 Å². The molecular weight excluding hydrogens is 218 g/mol. The fraction of sp³-hybridized carbons (Fsp3) is 0.647. The monoisotopic (exact) mass is 243 g/mol. The summed E-state index contributed by atoms with van der Waals surface area (Å²) < 4.78 is 0. The second kappa shape index (κ2) is 5.88. The highest BCUT2D eigenvalue weighted by Crippen LogP contribution is 2.35. The lowest BCUT2D eigenvalue weighted by molar-refractivity contribution is 0.221. The van der Waals surface area contributed by atoms with Crippen molar-refractivity contribution in [2.75, 3.05) is 6.54 Å². The van der Waals surface area contributed by atoms with Gasteiger partial charge < -0.3 is 5.32 Å². The number of hydrogen-bond acceptors (Lipinski definition) is 1. The molecular formula is C17H25N. The molecule has 1 nitrogen and oxygen atoms in total. The summed E-state index contributed by atoms with van der Waals surface area (Å²) in [5.41, 5.74) is 1.56. The molecule has 0 unspecified atom stereocenters. The van der Waals surface area contributed by atoms with Crippen LogP contribution in [0, 0.1) is 5.92 Å². The molecule has 18 heavy (non-hydrogen) atoms. The molecule has 1 heterocycles. The molecule has 1 saturated heterocycles. The lowest BCUT2D eigenvalue weighted by Gasteiger charge is -2.37. The SMILES string of the molecule is c1ccc([C@@H]2CCN[C@H](C3CCCCC3)C2)cc1. The molecule has 0 bridgehead atoms. The molecule has 3 rings (SSSR count). The third-order valence-corrected chi connectivity index (χ3v) is 4.93. The minimum absolute atomic E-state index is 0.782. The number of piperidine rings is 1. The molecule has 2 aliphatic rings. The Balaban J connectivity index is 1.64. The van der Waals surface area contributed by atoms with Crippen LogP contribution in [0.5, 0.6) is 0 Å². The van der Waals surface area contributed by atoms with Gasteiger partial charge in [-0.1, -0.05) is 49.6 Å². The van der Waals surface area contributed by atoms with Crippen molar-refractivity contribution in [2.45, 2.75) is 56.9 Å². The molecule has 1 aliphatic heterocycles. The van der Waals surface area contributed by atoms with E-state index in [1.165, 1.54) is 51.5 Å². The van der Waals surface area contributed by atoms with Crippen LogP contribution in [0.2, 0.25) is 0 Å². The van der Waals surface area contributed by atoms with E-state index in [1.807, 2.05) is 0 Å². The summed E-state index contributed by atoms with van der Waals surface area (Å²) in [6.45, 7) is 1.21. The predicted octanol–water partition coefficient (Wildman–Crippen LogP) is 4.10. The van der Waals surface area contributed by atoms with Gasteiger partial charge in [0.1, 0.15) is 0 Å². The number of hydrogen-bond donors (Lipinski definition) is 1. The first-order valence-electron chi connectivity index (χ1n) is 7.72. The molecule has 0 spiro atoms. The van der Waals surface area contributed by atoms with Crippen LogP contribution in [0.1, 0.15) is 56.4 Å². The van der Waals surface area contributed by atoms with Crippen molar-refractivity contribution < 1.29 is 0 Å². The number of rotatable bonds is 2. The van der Waals surface area contributed by atoms with Crippen molar-refractivity contribution in [2.24, 2.45) is 5.92 Å². The van der Waals surface area contributed by atoms with Crippen molar-refractivity contribution in [3.8, 4) is 0 Å². The lowest BCUT2D eigenvalue weighted by Crippen LogP contribution is -2.43. The minimum atomic E-state index is 0.782. The third-order valence-electron chi connectivity index (χ3n) is 4.93. The van der Waals surface area contributed by atoms with E-state index < -0.39 is 0 Å². The summed E-state index contributed by atoms with van der Waals surface area (Å²) in [6.07, 6.45) is 9.96. The molecule has 1 aromatic carbocycles. The highest BCUT2D eigenvalue weighted by Gasteiger charge is 2.29. The molecule has 0 radical (unpaired) electrons.